The lowest BCUT2D eigenvalue weighted by atomic mass is 10.2. The van der Waals surface area contributed by atoms with E-state index < -0.39 is 17.8 Å². The van der Waals surface area contributed by atoms with E-state index in [2.05, 4.69) is 10.3 Å². The highest BCUT2D eigenvalue weighted by Gasteiger charge is 2.13. The fraction of sp³-hybridized carbons (Fsp3) is 0.154. The summed E-state index contributed by atoms with van der Waals surface area (Å²) < 4.78 is 0. The standard InChI is InChI=1S/C13H14N2O4/c1-10(16)15(19-11(2)17)14-13(18)9-8-12-6-4-3-5-7-12/h3-9H,1-2H3,(H,14,18). The van der Waals surface area contributed by atoms with Gasteiger partial charge in [0.05, 0.1) is 0 Å². The summed E-state index contributed by atoms with van der Waals surface area (Å²) in [6.07, 6.45) is 2.80. The van der Waals surface area contributed by atoms with Crippen LogP contribution in [0.5, 0.6) is 0 Å². The van der Waals surface area contributed by atoms with Gasteiger partial charge in [-0.2, -0.15) is 0 Å². The monoisotopic (exact) mass is 262 g/mol. The molecule has 0 unspecified atom stereocenters. The Kier molecular flexibility index (Phi) is 5.28. The molecule has 6 nitrogen and oxygen atoms in total. The summed E-state index contributed by atoms with van der Waals surface area (Å²) in [6, 6.07) is 9.16. The Bertz CT molecular complexity index is 497. The number of benzene rings is 1. The predicted octanol–water partition coefficient (Wildman–Crippen LogP) is 1.06. The summed E-state index contributed by atoms with van der Waals surface area (Å²) in [4.78, 5) is 37.9. The Morgan fingerprint density at radius 2 is 1.79 bits per heavy atom. The zero-order valence-corrected chi connectivity index (χ0v) is 10.6. The minimum Gasteiger partial charge on any atom is -0.318 e. The van der Waals surface area contributed by atoms with Crippen LogP contribution >= 0.6 is 0 Å². The lowest BCUT2D eigenvalue weighted by molar-refractivity contribution is -0.207. The number of nitrogens with one attached hydrogen (secondary N) is 1. The van der Waals surface area contributed by atoms with Crippen LogP contribution in [0.3, 0.4) is 0 Å². The second-order valence-electron chi connectivity index (χ2n) is 3.62. The number of nitrogens with zero attached hydrogens (tertiary/aromatic N) is 1. The van der Waals surface area contributed by atoms with Crippen molar-refractivity contribution in [3.05, 3.63) is 42.0 Å². The fourth-order valence-corrected chi connectivity index (χ4v) is 1.17. The van der Waals surface area contributed by atoms with Gasteiger partial charge in [0.1, 0.15) is 0 Å². The molecule has 0 heterocycles. The van der Waals surface area contributed by atoms with Gasteiger partial charge in [0.15, 0.2) is 0 Å². The number of carbonyl (C=O) groups is 3. The van der Waals surface area contributed by atoms with E-state index in [4.69, 9.17) is 0 Å². The predicted molar refractivity (Wildman–Crippen MR) is 67.9 cm³/mol. The molecule has 0 bridgehead atoms. The topological polar surface area (TPSA) is 75.7 Å². The van der Waals surface area contributed by atoms with Gasteiger partial charge < -0.3 is 4.84 Å². The lowest BCUT2D eigenvalue weighted by Gasteiger charge is -2.17. The molecule has 0 fully saturated rings. The molecule has 0 atom stereocenters. The molecule has 1 N–H and O–H groups in total. The van der Waals surface area contributed by atoms with E-state index in [-0.39, 0.29) is 0 Å². The van der Waals surface area contributed by atoms with E-state index in [0.29, 0.717) is 5.17 Å². The number of hydrogen-bond acceptors (Lipinski definition) is 4. The van der Waals surface area contributed by atoms with Crippen LogP contribution < -0.4 is 5.43 Å². The van der Waals surface area contributed by atoms with E-state index in [0.717, 1.165) is 19.4 Å². The van der Waals surface area contributed by atoms with Gasteiger partial charge in [0, 0.05) is 19.9 Å². The molecule has 0 aliphatic heterocycles. The van der Waals surface area contributed by atoms with Gasteiger partial charge in [-0.05, 0) is 11.6 Å². The van der Waals surface area contributed by atoms with Crippen molar-refractivity contribution in [3.8, 4) is 0 Å². The quantitative estimate of drug-likeness (QED) is 0.638. The van der Waals surface area contributed by atoms with Crippen LogP contribution in [0.15, 0.2) is 36.4 Å². The molecular weight excluding hydrogens is 248 g/mol. The molecule has 0 aliphatic carbocycles. The second kappa shape index (κ2) is 6.95. The van der Waals surface area contributed by atoms with Crippen molar-refractivity contribution in [1.82, 2.24) is 10.6 Å². The van der Waals surface area contributed by atoms with Gasteiger partial charge in [-0.15, -0.1) is 0 Å². The number of rotatable bonds is 2. The van der Waals surface area contributed by atoms with Crippen LogP contribution in [0.4, 0.5) is 0 Å². The van der Waals surface area contributed by atoms with Gasteiger partial charge in [0.2, 0.25) is 0 Å². The molecule has 6 heteroatoms. The average molecular weight is 262 g/mol. The minimum absolute atomic E-state index is 0.486. The van der Waals surface area contributed by atoms with Gasteiger partial charge in [0.25, 0.3) is 11.8 Å². The Balaban J connectivity index is 2.60. The first-order valence-corrected chi connectivity index (χ1v) is 5.52. The third-order valence-electron chi connectivity index (χ3n) is 1.94. The van der Waals surface area contributed by atoms with E-state index in [1.807, 2.05) is 30.3 Å². The maximum Gasteiger partial charge on any atom is 0.331 e. The normalized spacial score (nSPS) is 10.0. The Morgan fingerprint density at radius 3 is 2.32 bits per heavy atom. The summed E-state index contributed by atoms with van der Waals surface area (Å²) in [5.74, 6) is -1.90. The first kappa shape index (κ1) is 14.4. The number of hydrogen-bond donors (Lipinski definition) is 1. The van der Waals surface area contributed by atoms with E-state index in [9.17, 15) is 14.4 Å². The smallest absolute Gasteiger partial charge is 0.318 e. The van der Waals surface area contributed by atoms with Crippen molar-refractivity contribution in [1.29, 1.82) is 0 Å². The summed E-state index contributed by atoms with van der Waals surface area (Å²) >= 11 is 0. The van der Waals surface area contributed by atoms with Crippen LogP contribution in [0.2, 0.25) is 0 Å². The zero-order valence-electron chi connectivity index (χ0n) is 10.6. The van der Waals surface area contributed by atoms with Gasteiger partial charge in [-0.3, -0.25) is 9.59 Å². The maximum atomic E-state index is 11.5. The zero-order chi connectivity index (χ0) is 14.3. The summed E-state index contributed by atoms with van der Waals surface area (Å²) in [7, 11) is 0. The maximum absolute atomic E-state index is 11.5. The van der Waals surface area contributed by atoms with E-state index in [1.165, 1.54) is 6.08 Å². The molecule has 1 aromatic carbocycles. The van der Waals surface area contributed by atoms with Crippen LogP contribution in [-0.4, -0.2) is 23.0 Å². The molecule has 100 valence electrons. The van der Waals surface area contributed by atoms with Crippen LogP contribution in [0, 0.1) is 0 Å². The van der Waals surface area contributed by atoms with Crippen molar-refractivity contribution in [3.63, 3.8) is 0 Å². The van der Waals surface area contributed by atoms with Crippen LogP contribution in [0.1, 0.15) is 19.4 Å². The highest BCUT2D eigenvalue weighted by Crippen LogP contribution is 2.00. The largest absolute Gasteiger partial charge is 0.331 e. The number of amides is 2. The Labute approximate surface area is 110 Å². The molecule has 1 aromatic rings. The number of hydroxylamine groups is 1. The fourth-order valence-electron chi connectivity index (χ4n) is 1.17. The molecule has 0 aromatic heterocycles. The molecule has 0 spiro atoms. The first-order chi connectivity index (χ1) is 8.99. The Morgan fingerprint density at radius 1 is 1.16 bits per heavy atom. The highest BCUT2D eigenvalue weighted by molar-refractivity contribution is 5.92. The molecule has 1 rings (SSSR count). The lowest BCUT2D eigenvalue weighted by Crippen LogP contribution is -2.45. The van der Waals surface area contributed by atoms with Crippen LogP contribution in [0.25, 0.3) is 6.08 Å². The molecule has 0 saturated heterocycles. The molecule has 0 saturated carbocycles. The summed E-state index contributed by atoms with van der Waals surface area (Å²) in [6.45, 7) is 2.28. The molecule has 19 heavy (non-hydrogen) atoms. The number of carbonyl (C=O) groups excluding carboxylic acids is 3. The average Bonchev–Trinajstić information content (AvgIpc) is 2.36. The van der Waals surface area contributed by atoms with Gasteiger partial charge in [-0.1, -0.05) is 35.5 Å². The molecule has 2 amide bonds. The molecular formula is C13H14N2O4. The van der Waals surface area contributed by atoms with Crippen molar-refractivity contribution < 1.29 is 19.2 Å². The Hall–Kier alpha value is -2.63. The van der Waals surface area contributed by atoms with E-state index in [1.54, 1.807) is 6.08 Å². The highest BCUT2D eigenvalue weighted by atomic mass is 16.7. The van der Waals surface area contributed by atoms with Crippen molar-refractivity contribution in [2.45, 2.75) is 13.8 Å². The van der Waals surface area contributed by atoms with Gasteiger partial charge in [-0.25, -0.2) is 10.2 Å². The van der Waals surface area contributed by atoms with Crippen LogP contribution in [-0.2, 0) is 19.2 Å². The van der Waals surface area contributed by atoms with Crippen molar-refractivity contribution in [2.75, 3.05) is 0 Å². The third kappa shape index (κ3) is 5.49. The van der Waals surface area contributed by atoms with Gasteiger partial charge >= 0.3 is 5.97 Å². The molecule has 0 aliphatic rings. The SMILES string of the molecule is CC(=O)ON(NC(=O)C=Cc1ccccc1)C(C)=O. The summed E-state index contributed by atoms with van der Waals surface area (Å²) in [5, 5.41) is 0.486. The first-order valence-electron chi connectivity index (χ1n) is 5.52. The molecule has 0 radical (unpaired) electrons. The third-order valence-corrected chi connectivity index (χ3v) is 1.94. The number of hydrazine groups is 1. The minimum atomic E-state index is -0.706. The van der Waals surface area contributed by atoms with Crippen molar-refractivity contribution >= 4 is 23.9 Å². The van der Waals surface area contributed by atoms with E-state index >= 15 is 0 Å². The van der Waals surface area contributed by atoms with Crippen molar-refractivity contribution in [2.24, 2.45) is 0 Å². The second-order valence-corrected chi connectivity index (χ2v) is 3.62. The summed E-state index contributed by atoms with van der Waals surface area (Å²) in [5.41, 5.74) is 2.97.